The number of benzene rings is 6. The largest absolute Gasteiger partial charge is 0.505 e. The molecular formula is C36H24N6O2. The molecule has 0 spiro atoms. The minimum Gasteiger partial charge on any atom is -0.505 e. The van der Waals surface area contributed by atoms with Crippen molar-refractivity contribution in [2.75, 3.05) is 0 Å². The summed E-state index contributed by atoms with van der Waals surface area (Å²) in [6.07, 6.45) is 3.58. The molecule has 0 bridgehead atoms. The number of aromatic nitrogens is 6. The molecule has 8 aromatic rings. The first-order chi connectivity index (χ1) is 21.7. The predicted molar refractivity (Wildman–Crippen MR) is 171 cm³/mol. The van der Waals surface area contributed by atoms with Gasteiger partial charge in [0.1, 0.15) is 34.3 Å². The Hall–Kier alpha value is -6.28. The molecule has 8 nitrogen and oxygen atoms in total. The van der Waals surface area contributed by atoms with Gasteiger partial charge in [-0.15, -0.1) is 10.2 Å². The highest BCUT2D eigenvalue weighted by atomic mass is 16.3. The van der Waals surface area contributed by atoms with Crippen molar-refractivity contribution in [3.8, 4) is 56.5 Å². The lowest BCUT2D eigenvalue weighted by molar-refractivity contribution is 0.465. The zero-order valence-electron chi connectivity index (χ0n) is 23.3. The summed E-state index contributed by atoms with van der Waals surface area (Å²) in [5.41, 5.74) is 5.02. The average molecular weight is 573 g/mol. The number of fused-ring (bicyclic) bond motifs is 2. The Labute approximate surface area is 251 Å². The SMILES string of the molecule is Oc1c(-n2cc(-c3ccccc3)nn2)cc2ccccc2c1-c1c(O)c(-n2cc(-c3ccccc3)nn2)cc2ccccc12. The highest BCUT2D eigenvalue weighted by Gasteiger charge is 2.24. The third kappa shape index (κ3) is 4.16. The Morgan fingerprint density at radius 2 is 0.841 bits per heavy atom. The number of phenolic OH excluding ortho intramolecular Hbond substituents is 2. The second-order valence-electron chi connectivity index (χ2n) is 10.5. The topological polar surface area (TPSA) is 102 Å². The molecule has 6 aromatic carbocycles. The Bertz CT molecular complexity index is 2140. The molecule has 0 aliphatic rings. The third-order valence-corrected chi connectivity index (χ3v) is 7.87. The number of hydrogen-bond acceptors (Lipinski definition) is 6. The van der Waals surface area contributed by atoms with Crippen molar-refractivity contribution in [3.63, 3.8) is 0 Å². The van der Waals surface area contributed by atoms with Crippen molar-refractivity contribution < 1.29 is 10.2 Å². The van der Waals surface area contributed by atoms with Gasteiger partial charge in [-0.2, -0.15) is 0 Å². The molecular weight excluding hydrogens is 548 g/mol. The minimum atomic E-state index is -0.0330. The molecule has 44 heavy (non-hydrogen) atoms. The normalized spacial score (nSPS) is 11.4. The van der Waals surface area contributed by atoms with Gasteiger partial charge in [0.2, 0.25) is 0 Å². The summed E-state index contributed by atoms with van der Waals surface area (Å²) in [4.78, 5) is 0. The fourth-order valence-electron chi connectivity index (χ4n) is 5.74. The minimum absolute atomic E-state index is 0.0330. The lowest BCUT2D eigenvalue weighted by atomic mass is 9.91. The van der Waals surface area contributed by atoms with Gasteiger partial charge in [-0.3, -0.25) is 0 Å². The van der Waals surface area contributed by atoms with Gasteiger partial charge < -0.3 is 10.2 Å². The van der Waals surface area contributed by atoms with Crippen LogP contribution in [0.15, 0.2) is 134 Å². The molecule has 210 valence electrons. The van der Waals surface area contributed by atoms with Crippen molar-refractivity contribution in [1.29, 1.82) is 0 Å². The maximum atomic E-state index is 12.0. The van der Waals surface area contributed by atoms with Gasteiger partial charge >= 0.3 is 0 Å². The van der Waals surface area contributed by atoms with E-state index in [-0.39, 0.29) is 11.5 Å². The van der Waals surface area contributed by atoms with Crippen LogP contribution in [0.25, 0.3) is 66.6 Å². The van der Waals surface area contributed by atoms with E-state index in [1.165, 1.54) is 0 Å². The van der Waals surface area contributed by atoms with Crippen LogP contribution >= 0.6 is 0 Å². The molecule has 2 heterocycles. The lowest BCUT2D eigenvalue weighted by Crippen LogP contribution is -2.00. The van der Waals surface area contributed by atoms with Crippen molar-refractivity contribution in [2.24, 2.45) is 0 Å². The first-order valence-corrected chi connectivity index (χ1v) is 14.1. The van der Waals surface area contributed by atoms with Gasteiger partial charge in [-0.1, -0.05) is 120 Å². The van der Waals surface area contributed by atoms with Crippen molar-refractivity contribution in [3.05, 3.63) is 134 Å². The smallest absolute Gasteiger partial charge is 0.149 e. The molecule has 2 N–H and O–H groups in total. The average Bonchev–Trinajstić information content (AvgIpc) is 3.77. The molecule has 8 rings (SSSR count). The van der Waals surface area contributed by atoms with Gasteiger partial charge in [0.05, 0.1) is 12.4 Å². The maximum Gasteiger partial charge on any atom is 0.149 e. The standard InChI is InChI=1S/C36H24N6O2/c43-35-31(41-21-29(37-39-41)23-11-3-1-4-12-23)19-25-15-7-9-17-27(25)33(35)34-28-18-10-8-16-26(28)20-32(36(34)44)42-22-30(38-40-42)24-13-5-2-6-14-24/h1-22,43-44H. The Balaban J connectivity index is 1.38. The number of nitrogens with zero attached hydrogens (tertiary/aromatic N) is 6. The molecule has 0 saturated heterocycles. The Kier molecular flexibility index (Phi) is 5.90. The molecule has 0 unspecified atom stereocenters. The van der Waals surface area contributed by atoms with Crippen LogP contribution in [-0.2, 0) is 0 Å². The van der Waals surface area contributed by atoms with Crippen molar-refractivity contribution in [1.82, 2.24) is 30.0 Å². The van der Waals surface area contributed by atoms with E-state index in [0.29, 0.717) is 33.9 Å². The van der Waals surface area contributed by atoms with Crippen LogP contribution in [0.4, 0.5) is 0 Å². The first-order valence-electron chi connectivity index (χ1n) is 14.1. The summed E-state index contributed by atoms with van der Waals surface area (Å²) >= 11 is 0. The van der Waals surface area contributed by atoms with Gasteiger partial charge in [-0.25, -0.2) is 9.36 Å². The zero-order chi connectivity index (χ0) is 29.6. The van der Waals surface area contributed by atoms with E-state index in [9.17, 15) is 10.2 Å². The van der Waals surface area contributed by atoms with E-state index in [0.717, 1.165) is 32.7 Å². The second-order valence-corrected chi connectivity index (χ2v) is 10.5. The van der Waals surface area contributed by atoms with Crippen LogP contribution in [0.3, 0.4) is 0 Å². The predicted octanol–water partition coefficient (Wildman–Crippen LogP) is 7.57. The highest BCUT2D eigenvalue weighted by Crippen LogP contribution is 2.49. The zero-order valence-corrected chi connectivity index (χ0v) is 23.3. The summed E-state index contributed by atoms with van der Waals surface area (Å²) in [5.74, 6) is -0.0660. The molecule has 0 fully saturated rings. The molecule has 2 aromatic heterocycles. The molecule has 8 heteroatoms. The number of hydrogen-bond donors (Lipinski definition) is 2. The van der Waals surface area contributed by atoms with Crippen LogP contribution in [0.5, 0.6) is 11.5 Å². The van der Waals surface area contributed by atoms with E-state index < -0.39 is 0 Å². The van der Waals surface area contributed by atoms with Crippen molar-refractivity contribution >= 4 is 21.5 Å². The molecule has 0 amide bonds. The van der Waals surface area contributed by atoms with Gasteiger partial charge in [-0.05, 0) is 33.7 Å². The molecule has 0 saturated carbocycles. The summed E-state index contributed by atoms with van der Waals surface area (Å²) in [7, 11) is 0. The summed E-state index contributed by atoms with van der Waals surface area (Å²) < 4.78 is 3.14. The van der Waals surface area contributed by atoms with Crippen molar-refractivity contribution in [2.45, 2.75) is 0 Å². The van der Waals surface area contributed by atoms with E-state index in [4.69, 9.17) is 0 Å². The molecule has 0 aliphatic carbocycles. The van der Waals surface area contributed by atoms with E-state index >= 15 is 0 Å². The summed E-state index contributed by atoms with van der Waals surface area (Å²) in [6, 6.07) is 38.8. The fraction of sp³-hybridized carbons (Fsp3) is 0. The van der Waals surface area contributed by atoms with Crippen LogP contribution in [0.2, 0.25) is 0 Å². The Morgan fingerprint density at radius 1 is 0.455 bits per heavy atom. The molecule has 0 radical (unpaired) electrons. The lowest BCUT2D eigenvalue weighted by Gasteiger charge is -2.18. The molecule has 0 aliphatic heterocycles. The first kappa shape index (κ1) is 25.4. The molecule has 0 atom stereocenters. The quantitative estimate of drug-likeness (QED) is 0.221. The number of phenols is 2. The van der Waals surface area contributed by atoms with Crippen LogP contribution in [-0.4, -0.2) is 40.2 Å². The van der Waals surface area contributed by atoms with Crippen LogP contribution in [0.1, 0.15) is 0 Å². The van der Waals surface area contributed by atoms with Crippen LogP contribution < -0.4 is 0 Å². The second kappa shape index (κ2) is 10.2. The third-order valence-electron chi connectivity index (χ3n) is 7.87. The number of aromatic hydroxyl groups is 2. The van der Waals surface area contributed by atoms with Gasteiger partial charge in [0.15, 0.2) is 0 Å². The summed E-state index contributed by atoms with van der Waals surface area (Å²) in [6.45, 7) is 0. The highest BCUT2D eigenvalue weighted by molar-refractivity contribution is 6.12. The van der Waals surface area contributed by atoms with Crippen LogP contribution in [0, 0.1) is 0 Å². The Morgan fingerprint density at radius 3 is 1.27 bits per heavy atom. The fourth-order valence-corrected chi connectivity index (χ4v) is 5.74. The number of rotatable bonds is 5. The maximum absolute atomic E-state index is 12.0. The summed E-state index contributed by atoms with van der Waals surface area (Å²) in [5, 5.41) is 44.8. The van der Waals surface area contributed by atoms with E-state index in [2.05, 4.69) is 20.6 Å². The van der Waals surface area contributed by atoms with E-state index in [1.54, 1.807) is 21.8 Å². The van der Waals surface area contributed by atoms with E-state index in [1.807, 2.05) is 121 Å². The van der Waals surface area contributed by atoms with Gasteiger partial charge in [0, 0.05) is 22.3 Å². The van der Waals surface area contributed by atoms with Gasteiger partial charge in [0.25, 0.3) is 0 Å². The monoisotopic (exact) mass is 572 g/mol.